The molecule has 8 heteroatoms. The molecule has 4 N–H and O–H groups in total. The summed E-state index contributed by atoms with van der Waals surface area (Å²) in [7, 11) is 0. The first kappa shape index (κ1) is 18.6. The van der Waals surface area contributed by atoms with Crippen molar-refractivity contribution >= 4 is 46.4 Å². The number of anilines is 2. The monoisotopic (exact) mass is 392 g/mol. The quantitative estimate of drug-likeness (QED) is 0.724. The number of carbonyl (C=O) groups excluding carboxylic acids is 2. The number of benzene rings is 1. The van der Waals surface area contributed by atoms with E-state index in [-0.39, 0.29) is 45.4 Å². The number of nitrogens with two attached hydrogens (primary N) is 1. The number of nitrogens with one attached hydrogen (secondary N) is 2. The molecule has 1 heterocycles. The first-order valence-electron chi connectivity index (χ1n) is 8.13. The highest BCUT2D eigenvalue weighted by Gasteiger charge is 2.45. The van der Waals surface area contributed by atoms with Gasteiger partial charge in [-0.2, -0.15) is 0 Å². The Morgan fingerprint density at radius 1 is 1.19 bits per heavy atom. The summed E-state index contributed by atoms with van der Waals surface area (Å²) in [5.74, 6) is -0.336. The smallest absolute Gasteiger partial charge is 0.255 e. The van der Waals surface area contributed by atoms with Gasteiger partial charge in [0.15, 0.2) is 0 Å². The molecule has 1 unspecified atom stereocenters. The van der Waals surface area contributed by atoms with Crippen molar-refractivity contribution in [2.75, 3.05) is 10.6 Å². The molecule has 0 spiro atoms. The van der Waals surface area contributed by atoms with Crippen LogP contribution in [-0.4, -0.2) is 22.8 Å². The van der Waals surface area contributed by atoms with Crippen LogP contribution in [0.3, 0.4) is 0 Å². The lowest BCUT2D eigenvalue weighted by atomic mass is 10.2. The Bertz CT molecular complexity index is 819. The van der Waals surface area contributed by atoms with Crippen molar-refractivity contribution in [3.05, 3.63) is 52.3 Å². The summed E-state index contributed by atoms with van der Waals surface area (Å²) in [6.07, 6.45) is 3.82. The van der Waals surface area contributed by atoms with E-state index in [4.69, 9.17) is 28.9 Å². The van der Waals surface area contributed by atoms with Crippen LogP contribution in [0.5, 0.6) is 0 Å². The molecule has 1 aromatic heterocycles. The van der Waals surface area contributed by atoms with Crippen molar-refractivity contribution in [2.24, 2.45) is 17.6 Å². The first-order valence-corrected chi connectivity index (χ1v) is 8.89. The largest absolute Gasteiger partial charge is 0.328 e. The number of aromatic nitrogens is 1. The van der Waals surface area contributed by atoms with Crippen LogP contribution < -0.4 is 16.4 Å². The van der Waals surface area contributed by atoms with E-state index >= 15 is 0 Å². The Morgan fingerprint density at radius 3 is 2.35 bits per heavy atom. The molecule has 2 amide bonds. The third-order valence-electron chi connectivity index (χ3n) is 4.34. The second-order valence-corrected chi connectivity index (χ2v) is 7.17. The Hall–Kier alpha value is -2.15. The fourth-order valence-corrected chi connectivity index (χ4v) is 3.37. The molecule has 26 heavy (non-hydrogen) atoms. The zero-order chi connectivity index (χ0) is 18.8. The van der Waals surface area contributed by atoms with Gasteiger partial charge in [0.2, 0.25) is 5.91 Å². The minimum absolute atomic E-state index is 0.0105. The van der Waals surface area contributed by atoms with Gasteiger partial charge in [0.05, 0.1) is 15.7 Å². The van der Waals surface area contributed by atoms with E-state index < -0.39 is 0 Å². The van der Waals surface area contributed by atoms with Crippen LogP contribution in [0.4, 0.5) is 11.4 Å². The van der Waals surface area contributed by atoms with Gasteiger partial charge in [-0.05, 0) is 43.5 Å². The summed E-state index contributed by atoms with van der Waals surface area (Å²) < 4.78 is 0. The SMILES string of the molecule is CC(N)[C@@H]1C[C@H]1C(=O)Nc1cc(Cl)c(NC(=O)c2ccncc2)c(Cl)c1. The highest BCUT2D eigenvalue weighted by molar-refractivity contribution is 6.40. The van der Waals surface area contributed by atoms with Crippen LogP contribution in [0, 0.1) is 11.8 Å². The predicted molar refractivity (Wildman–Crippen MR) is 103 cm³/mol. The molecule has 0 radical (unpaired) electrons. The van der Waals surface area contributed by atoms with E-state index in [1.165, 1.54) is 12.4 Å². The zero-order valence-corrected chi connectivity index (χ0v) is 15.5. The number of rotatable bonds is 5. The van der Waals surface area contributed by atoms with Gasteiger partial charge in [-0.15, -0.1) is 0 Å². The molecule has 1 saturated carbocycles. The number of hydrogen-bond donors (Lipinski definition) is 3. The van der Waals surface area contributed by atoms with E-state index in [9.17, 15) is 9.59 Å². The van der Waals surface area contributed by atoms with Crippen molar-refractivity contribution in [3.63, 3.8) is 0 Å². The highest BCUT2D eigenvalue weighted by Crippen LogP contribution is 2.42. The minimum atomic E-state index is -0.356. The molecular weight excluding hydrogens is 375 g/mol. The highest BCUT2D eigenvalue weighted by atomic mass is 35.5. The van der Waals surface area contributed by atoms with Crippen LogP contribution in [0.2, 0.25) is 10.0 Å². The standard InChI is InChI=1S/C18H18Cl2N4O2/c1-9(21)12-8-13(12)18(26)23-11-6-14(19)16(15(20)7-11)24-17(25)10-2-4-22-5-3-10/h2-7,9,12-13H,8,21H2,1H3,(H,23,26)(H,24,25)/t9?,12-,13+/m0/s1. The Labute approximate surface area is 161 Å². The molecule has 3 atom stereocenters. The lowest BCUT2D eigenvalue weighted by molar-refractivity contribution is -0.117. The maximum absolute atomic E-state index is 12.2. The van der Waals surface area contributed by atoms with Gasteiger partial charge in [0, 0.05) is 35.6 Å². The summed E-state index contributed by atoms with van der Waals surface area (Å²) >= 11 is 12.5. The number of pyridine rings is 1. The second-order valence-electron chi connectivity index (χ2n) is 6.36. The summed E-state index contributed by atoms with van der Waals surface area (Å²) in [5.41, 5.74) is 7.01. The van der Waals surface area contributed by atoms with E-state index in [2.05, 4.69) is 15.6 Å². The Kier molecular flexibility index (Phi) is 5.46. The lowest BCUT2D eigenvalue weighted by Crippen LogP contribution is -2.23. The number of halogens is 2. The van der Waals surface area contributed by atoms with Crippen molar-refractivity contribution in [3.8, 4) is 0 Å². The molecule has 3 rings (SSSR count). The predicted octanol–water partition coefficient (Wildman–Crippen LogP) is 3.56. The minimum Gasteiger partial charge on any atom is -0.328 e. The van der Waals surface area contributed by atoms with Gasteiger partial charge in [-0.1, -0.05) is 23.2 Å². The molecule has 6 nitrogen and oxygen atoms in total. The average molecular weight is 393 g/mol. The van der Waals surface area contributed by atoms with Gasteiger partial charge >= 0.3 is 0 Å². The Morgan fingerprint density at radius 2 is 1.81 bits per heavy atom. The molecule has 1 aromatic carbocycles. The maximum atomic E-state index is 12.2. The fourth-order valence-electron chi connectivity index (χ4n) is 2.79. The molecule has 2 aromatic rings. The van der Waals surface area contributed by atoms with Crippen molar-refractivity contribution in [1.29, 1.82) is 0 Å². The summed E-state index contributed by atoms with van der Waals surface area (Å²) in [4.78, 5) is 28.3. The molecule has 0 aliphatic heterocycles. The molecule has 0 bridgehead atoms. The summed E-state index contributed by atoms with van der Waals surface area (Å²) in [5, 5.41) is 5.93. The van der Waals surface area contributed by atoms with Crippen molar-refractivity contribution in [1.82, 2.24) is 4.98 Å². The molecule has 136 valence electrons. The van der Waals surface area contributed by atoms with E-state index in [1.807, 2.05) is 6.92 Å². The van der Waals surface area contributed by atoms with Crippen molar-refractivity contribution < 1.29 is 9.59 Å². The number of amides is 2. The van der Waals surface area contributed by atoms with Gasteiger partial charge in [-0.25, -0.2) is 0 Å². The molecular formula is C18H18Cl2N4O2. The molecule has 1 fully saturated rings. The fraction of sp³-hybridized carbons (Fsp3) is 0.278. The topological polar surface area (TPSA) is 97.1 Å². The van der Waals surface area contributed by atoms with Gasteiger partial charge in [0.25, 0.3) is 5.91 Å². The van der Waals surface area contributed by atoms with Gasteiger partial charge < -0.3 is 16.4 Å². The summed E-state index contributed by atoms with van der Waals surface area (Å²) in [6.45, 7) is 1.89. The zero-order valence-electron chi connectivity index (χ0n) is 14.0. The molecule has 1 aliphatic rings. The maximum Gasteiger partial charge on any atom is 0.255 e. The van der Waals surface area contributed by atoms with Crippen molar-refractivity contribution in [2.45, 2.75) is 19.4 Å². The average Bonchev–Trinajstić information content (AvgIpc) is 3.40. The normalized spacial score (nSPS) is 19.5. The number of nitrogens with zero attached hydrogens (tertiary/aromatic N) is 1. The Balaban J connectivity index is 1.70. The number of hydrogen-bond acceptors (Lipinski definition) is 4. The molecule has 1 aliphatic carbocycles. The third-order valence-corrected chi connectivity index (χ3v) is 4.94. The van der Waals surface area contributed by atoms with Crippen LogP contribution in [0.15, 0.2) is 36.7 Å². The van der Waals surface area contributed by atoms with Gasteiger partial charge in [-0.3, -0.25) is 14.6 Å². The van der Waals surface area contributed by atoms with Gasteiger partial charge in [0.1, 0.15) is 0 Å². The number of carbonyl (C=O) groups is 2. The first-order chi connectivity index (χ1) is 12.4. The van der Waals surface area contributed by atoms with E-state index in [0.717, 1.165) is 6.42 Å². The van der Waals surface area contributed by atoms with Crippen LogP contribution in [0.1, 0.15) is 23.7 Å². The second kappa shape index (κ2) is 7.61. The van der Waals surface area contributed by atoms with Crippen LogP contribution in [-0.2, 0) is 4.79 Å². The molecule has 0 saturated heterocycles. The van der Waals surface area contributed by atoms with Crippen LogP contribution >= 0.6 is 23.2 Å². The van der Waals surface area contributed by atoms with Crippen LogP contribution in [0.25, 0.3) is 0 Å². The summed E-state index contributed by atoms with van der Waals surface area (Å²) in [6, 6.07) is 6.25. The van der Waals surface area contributed by atoms with E-state index in [0.29, 0.717) is 11.3 Å². The third kappa shape index (κ3) is 4.15. The lowest BCUT2D eigenvalue weighted by Gasteiger charge is -2.12. The van der Waals surface area contributed by atoms with E-state index in [1.54, 1.807) is 24.3 Å².